The molecule has 0 unspecified atom stereocenters. The van der Waals surface area contributed by atoms with Gasteiger partial charge in [0.15, 0.2) is 0 Å². The highest BCUT2D eigenvalue weighted by molar-refractivity contribution is 4.99. The molecule has 0 spiro atoms. The fraction of sp³-hybridized carbons (Fsp3) is 0.812. The Kier molecular flexibility index (Phi) is 6.05. The monoisotopic (exact) mass is 278 g/mol. The van der Waals surface area contributed by atoms with E-state index in [0.29, 0.717) is 12.1 Å². The molecule has 1 N–H and O–H groups in total. The van der Waals surface area contributed by atoms with Crippen LogP contribution in [-0.4, -0.2) is 40.9 Å². The summed E-state index contributed by atoms with van der Waals surface area (Å²) in [4.78, 5) is 2.39. The van der Waals surface area contributed by atoms with Gasteiger partial charge in [0.05, 0.1) is 11.7 Å². The maximum absolute atomic E-state index is 4.70. The molecule has 0 aliphatic heterocycles. The molecule has 20 heavy (non-hydrogen) atoms. The quantitative estimate of drug-likeness (QED) is 0.742. The Balaban J connectivity index is 1.62. The summed E-state index contributed by atoms with van der Waals surface area (Å²) in [5.41, 5.74) is 1.18. The van der Waals surface area contributed by atoms with Crippen molar-refractivity contribution >= 4 is 0 Å². The van der Waals surface area contributed by atoms with E-state index in [1.165, 1.54) is 37.8 Å². The highest BCUT2D eigenvalue weighted by Crippen LogP contribution is 2.28. The molecule has 0 amide bonds. The van der Waals surface area contributed by atoms with Crippen molar-refractivity contribution in [1.82, 2.24) is 20.0 Å². The van der Waals surface area contributed by atoms with Crippen LogP contribution in [0.15, 0.2) is 12.3 Å². The molecule has 0 bridgehead atoms. The lowest BCUT2D eigenvalue weighted by atomic mass is 10.3. The third-order valence-corrected chi connectivity index (χ3v) is 4.41. The second-order valence-electron chi connectivity index (χ2n) is 6.33. The minimum atomic E-state index is 0.636. The number of rotatable bonds is 8. The Morgan fingerprint density at radius 2 is 2.15 bits per heavy atom. The Labute approximate surface area is 123 Å². The van der Waals surface area contributed by atoms with Crippen LogP contribution in [0.1, 0.15) is 57.7 Å². The second kappa shape index (κ2) is 7.79. The highest BCUT2D eigenvalue weighted by Gasteiger charge is 2.17. The van der Waals surface area contributed by atoms with E-state index in [4.69, 9.17) is 5.10 Å². The van der Waals surface area contributed by atoms with Crippen molar-refractivity contribution in [2.45, 2.75) is 64.6 Å². The van der Waals surface area contributed by atoms with Gasteiger partial charge in [-0.05, 0) is 59.3 Å². The number of nitrogens with zero attached hydrogens (tertiary/aromatic N) is 3. The van der Waals surface area contributed by atoms with Crippen molar-refractivity contribution < 1.29 is 0 Å². The first-order valence-corrected chi connectivity index (χ1v) is 8.12. The van der Waals surface area contributed by atoms with Crippen molar-refractivity contribution in [1.29, 1.82) is 0 Å². The van der Waals surface area contributed by atoms with Gasteiger partial charge in [-0.2, -0.15) is 5.10 Å². The standard InChI is InChI=1S/C16H30N4/c1-14(2)19(3)11-6-10-17-13-15-9-12-20(18-15)16-7-4-5-8-16/h9,12,14,16-17H,4-8,10-11,13H2,1-3H3. The van der Waals surface area contributed by atoms with E-state index < -0.39 is 0 Å². The van der Waals surface area contributed by atoms with E-state index in [0.717, 1.165) is 19.6 Å². The summed E-state index contributed by atoms with van der Waals surface area (Å²) >= 11 is 0. The van der Waals surface area contributed by atoms with E-state index in [9.17, 15) is 0 Å². The molecule has 4 nitrogen and oxygen atoms in total. The number of aromatic nitrogens is 2. The lowest BCUT2D eigenvalue weighted by Gasteiger charge is -2.20. The van der Waals surface area contributed by atoms with Gasteiger partial charge in [-0.25, -0.2) is 0 Å². The predicted octanol–water partition coefficient (Wildman–Crippen LogP) is 2.82. The van der Waals surface area contributed by atoms with Gasteiger partial charge >= 0.3 is 0 Å². The fourth-order valence-electron chi connectivity index (χ4n) is 2.77. The maximum atomic E-state index is 4.70. The first-order valence-electron chi connectivity index (χ1n) is 8.12. The van der Waals surface area contributed by atoms with Crippen LogP contribution in [-0.2, 0) is 6.54 Å². The summed E-state index contributed by atoms with van der Waals surface area (Å²) < 4.78 is 2.18. The SMILES string of the molecule is CC(C)N(C)CCCNCc1ccn(C2CCCC2)n1. The average Bonchev–Trinajstić information content (AvgIpc) is 3.08. The molecule has 1 fully saturated rings. The summed E-state index contributed by atoms with van der Waals surface area (Å²) in [7, 11) is 2.19. The van der Waals surface area contributed by atoms with Crippen molar-refractivity contribution in [3.63, 3.8) is 0 Å². The van der Waals surface area contributed by atoms with Gasteiger partial charge in [-0.1, -0.05) is 12.8 Å². The summed E-state index contributed by atoms with van der Waals surface area (Å²) in [5.74, 6) is 0. The van der Waals surface area contributed by atoms with E-state index in [2.05, 4.69) is 48.1 Å². The minimum Gasteiger partial charge on any atom is -0.311 e. The minimum absolute atomic E-state index is 0.636. The molecule has 1 aromatic heterocycles. The second-order valence-corrected chi connectivity index (χ2v) is 6.33. The van der Waals surface area contributed by atoms with Crippen LogP contribution in [0.2, 0.25) is 0 Å². The topological polar surface area (TPSA) is 33.1 Å². The third-order valence-electron chi connectivity index (χ3n) is 4.41. The molecule has 0 radical (unpaired) electrons. The molecule has 4 heteroatoms. The van der Waals surface area contributed by atoms with Crippen molar-refractivity contribution in [2.75, 3.05) is 20.1 Å². The Hall–Kier alpha value is -0.870. The van der Waals surface area contributed by atoms with Crippen LogP contribution in [0.3, 0.4) is 0 Å². The molecule has 1 saturated carbocycles. The molecule has 114 valence electrons. The molecule has 1 aliphatic rings. The molecule has 0 aromatic carbocycles. The van der Waals surface area contributed by atoms with Crippen molar-refractivity contribution in [3.05, 3.63) is 18.0 Å². The first kappa shape index (κ1) is 15.5. The predicted molar refractivity (Wildman–Crippen MR) is 83.8 cm³/mol. The molecule has 2 rings (SSSR count). The lowest BCUT2D eigenvalue weighted by Crippen LogP contribution is -2.29. The van der Waals surface area contributed by atoms with Crippen LogP contribution in [0.5, 0.6) is 0 Å². The highest BCUT2D eigenvalue weighted by atomic mass is 15.3. The van der Waals surface area contributed by atoms with Gasteiger partial charge < -0.3 is 10.2 Å². The smallest absolute Gasteiger partial charge is 0.0762 e. The van der Waals surface area contributed by atoms with Crippen LogP contribution in [0.25, 0.3) is 0 Å². The fourth-order valence-corrected chi connectivity index (χ4v) is 2.77. The van der Waals surface area contributed by atoms with Gasteiger partial charge in [0.25, 0.3) is 0 Å². The Morgan fingerprint density at radius 1 is 1.40 bits per heavy atom. The lowest BCUT2D eigenvalue weighted by molar-refractivity contribution is 0.269. The average molecular weight is 278 g/mol. The van der Waals surface area contributed by atoms with Crippen LogP contribution in [0, 0.1) is 0 Å². The van der Waals surface area contributed by atoms with Gasteiger partial charge in [0.2, 0.25) is 0 Å². The van der Waals surface area contributed by atoms with Crippen LogP contribution in [0.4, 0.5) is 0 Å². The summed E-state index contributed by atoms with van der Waals surface area (Å²) in [5, 5.41) is 8.19. The number of hydrogen-bond acceptors (Lipinski definition) is 3. The zero-order valence-corrected chi connectivity index (χ0v) is 13.3. The van der Waals surface area contributed by atoms with Gasteiger partial charge in [0, 0.05) is 18.8 Å². The van der Waals surface area contributed by atoms with Gasteiger partial charge in [-0.15, -0.1) is 0 Å². The van der Waals surface area contributed by atoms with Crippen molar-refractivity contribution in [3.8, 4) is 0 Å². The number of nitrogens with one attached hydrogen (secondary N) is 1. The Morgan fingerprint density at radius 3 is 2.85 bits per heavy atom. The van der Waals surface area contributed by atoms with E-state index in [1.54, 1.807) is 0 Å². The molecule has 0 atom stereocenters. The zero-order chi connectivity index (χ0) is 14.4. The number of hydrogen-bond donors (Lipinski definition) is 1. The van der Waals surface area contributed by atoms with E-state index >= 15 is 0 Å². The maximum Gasteiger partial charge on any atom is 0.0762 e. The van der Waals surface area contributed by atoms with Gasteiger partial charge in [0.1, 0.15) is 0 Å². The molecule has 1 aromatic rings. The normalized spacial score (nSPS) is 16.6. The molecule has 1 heterocycles. The molecule has 1 aliphatic carbocycles. The molecule has 0 saturated heterocycles. The van der Waals surface area contributed by atoms with Crippen molar-refractivity contribution in [2.24, 2.45) is 0 Å². The largest absolute Gasteiger partial charge is 0.311 e. The summed E-state index contributed by atoms with van der Waals surface area (Å²) in [6.07, 6.45) is 8.67. The molecular weight excluding hydrogens is 248 g/mol. The van der Waals surface area contributed by atoms with E-state index in [1.807, 2.05) is 0 Å². The summed E-state index contributed by atoms with van der Waals surface area (Å²) in [6, 6.07) is 3.45. The Bertz CT molecular complexity index is 380. The van der Waals surface area contributed by atoms with Crippen LogP contribution >= 0.6 is 0 Å². The third kappa shape index (κ3) is 4.60. The zero-order valence-electron chi connectivity index (χ0n) is 13.3. The summed E-state index contributed by atoms with van der Waals surface area (Å²) in [6.45, 7) is 7.59. The van der Waals surface area contributed by atoms with E-state index in [-0.39, 0.29) is 0 Å². The molecular formula is C16H30N4. The first-order chi connectivity index (χ1) is 9.66. The van der Waals surface area contributed by atoms with Crippen LogP contribution < -0.4 is 5.32 Å². The van der Waals surface area contributed by atoms with Gasteiger partial charge in [-0.3, -0.25) is 4.68 Å².